The maximum atomic E-state index is 3.58. The second kappa shape index (κ2) is 4.08. The predicted molar refractivity (Wildman–Crippen MR) is 88.7 cm³/mol. The zero-order valence-electron chi connectivity index (χ0n) is 12.9. The van der Waals surface area contributed by atoms with Crippen LogP contribution >= 0.6 is 0 Å². The molecular weight excluding hydrogens is 256 g/mol. The van der Waals surface area contributed by atoms with E-state index in [0.717, 1.165) is 0 Å². The van der Waals surface area contributed by atoms with E-state index in [2.05, 4.69) is 73.8 Å². The van der Waals surface area contributed by atoms with Gasteiger partial charge in [-0.25, -0.2) is 9.55 Å². The summed E-state index contributed by atoms with van der Waals surface area (Å²) in [4.78, 5) is 3.58. The standard InChI is InChI=1S/C19H18N2/c1-11-5-7-16-15(10-11)18-13(3)14-9-12(2)6-8-17(14)21(4)19(18)20-16/h5-10H,1-4H3/p+1. The number of aromatic amines is 1. The van der Waals surface area contributed by atoms with Crippen molar-refractivity contribution in [3.63, 3.8) is 0 Å². The van der Waals surface area contributed by atoms with E-state index in [4.69, 9.17) is 0 Å². The lowest BCUT2D eigenvalue weighted by Crippen LogP contribution is -2.30. The van der Waals surface area contributed by atoms with Crippen molar-refractivity contribution < 1.29 is 4.57 Å². The Morgan fingerprint density at radius 3 is 2.29 bits per heavy atom. The summed E-state index contributed by atoms with van der Waals surface area (Å²) in [6.07, 6.45) is 0. The topological polar surface area (TPSA) is 19.7 Å². The fraction of sp³-hybridized carbons (Fsp3) is 0.211. The Hall–Kier alpha value is -2.35. The minimum absolute atomic E-state index is 1.20. The molecule has 0 aliphatic heterocycles. The number of hydrogen-bond donors (Lipinski definition) is 1. The molecule has 2 aromatic carbocycles. The molecule has 4 rings (SSSR count). The van der Waals surface area contributed by atoms with E-state index >= 15 is 0 Å². The van der Waals surface area contributed by atoms with Gasteiger partial charge in [-0.3, -0.25) is 0 Å². The van der Waals surface area contributed by atoms with E-state index in [1.54, 1.807) is 0 Å². The first-order valence-electron chi connectivity index (χ1n) is 7.37. The Bertz CT molecular complexity index is 1020. The van der Waals surface area contributed by atoms with Crippen LogP contribution in [0.2, 0.25) is 0 Å². The van der Waals surface area contributed by atoms with Crippen molar-refractivity contribution in [3.8, 4) is 0 Å². The lowest BCUT2D eigenvalue weighted by molar-refractivity contribution is -0.619. The van der Waals surface area contributed by atoms with Gasteiger partial charge in [0, 0.05) is 10.8 Å². The number of rotatable bonds is 0. The van der Waals surface area contributed by atoms with E-state index < -0.39 is 0 Å². The first kappa shape index (κ1) is 12.4. The van der Waals surface area contributed by atoms with E-state index in [1.165, 1.54) is 49.5 Å². The summed E-state index contributed by atoms with van der Waals surface area (Å²) >= 11 is 0. The molecule has 0 amide bonds. The van der Waals surface area contributed by atoms with Gasteiger partial charge in [0.1, 0.15) is 11.0 Å². The number of hydrogen-bond acceptors (Lipinski definition) is 0. The normalized spacial score (nSPS) is 11.8. The molecule has 2 nitrogen and oxygen atoms in total. The Morgan fingerprint density at radius 1 is 0.857 bits per heavy atom. The predicted octanol–water partition coefficient (Wildman–Crippen LogP) is 4.22. The summed E-state index contributed by atoms with van der Waals surface area (Å²) < 4.78 is 2.27. The van der Waals surface area contributed by atoms with Crippen molar-refractivity contribution in [2.45, 2.75) is 20.8 Å². The van der Waals surface area contributed by atoms with Gasteiger partial charge in [-0.15, -0.1) is 0 Å². The van der Waals surface area contributed by atoms with Crippen LogP contribution in [0, 0.1) is 20.8 Å². The van der Waals surface area contributed by atoms with Crippen LogP contribution in [0.3, 0.4) is 0 Å². The molecule has 2 aromatic heterocycles. The van der Waals surface area contributed by atoms with Gasteiger partial charge < -0.3 is 0 Å². The van der Waals surface area contributed by atoms with Gasteiger partial charge >= 0.3 is 0 Å². The van der Waals surface area contributed by atoms with Crippen LogP contribution in [0.4, 0.5) is 0 Å². The van der Waals surface area contributed by atoms with Crippen LogP contribution in [0.25, 0.3) is 32.8 Å². The smallest absolute Gasteiger partial charge is 0.240 e. The Labute approximate surface area is 124 Å². The second-order valence-electron chi connectivity index (χ2n) is 6.10. The maximum Gasteiger partial charge on any atom is 0.288 e. The number of pyridine rings is 1. The van der Waals surface area contributed by atoms with Gasteiger partial charge in [-0.1, -0.05) is 23.3 Å². The lowest BCUT2D eigenvalue weighted by atomic mass is 10.0. The number of benzene rings is 2. The molecule has 0 aliphatic carbocycles. The molecule has 0 radical (unpaired) electrons. The molecule has 0 saturated carbocycles. The molecule has 0 bridgehead atoms. The van der Waals surface area contributed by atoms with Crippen molar-refractivity contribution >= 4 is 32.8 Å². The van der Waals surface area contributed by atoms with Gasteiger partial charge in [-0.2, -0.15) is 0 Å². The van der Waals surface area contributed by atoms with Gasteiger partial charge in [0.2, 0.25) is 0 Å². The summed E-state index contributed by atoms with van der Waals surface area (Å²) in [5, 5.41) is 4.00. The molecule has 0 unspecified atom stereocenters. The van der Waals surface area contributed by atoms with Crippen LogP contribution in [0.5, 0.6) is 0 Å². The van der Waals surface area contributed by atoms with Gasteiger partial charge in [0.15, 0.2) is 0 Å². The largest absolute Gasteiger partial charge is 0.288 e. The molecular formula is C19H19N2+. The number of fused-ring (bicyclic) bond motifs is 4. The molecule has 0 atom stereocenters. The zero-order chi connectivity index (χ0) is 14.7. The fourth-order valence-electron chi connectivity index (χ4n) is 3.42. The average Bonchev–Trinajstić information content (AvgIpc) is 2.83. The Balaban J connectivity index is 2.34. The maximum absolute atomic E-state index is 3.58. The summed E-state index contributed by atoms with van der Waals surface area (Å²) in [5.74, 6) is 0. The van der Waals surface area contributed by atoms with Crippen LogP contribution < -0.4 is 4.57 Å². The molecule has 21 heavy (non-hydrogen) atoms. The van der Waals surface area contributed by atoms with Gasteiger partial charge in [0.25, 0.3) is 5.65 Å². The summed E-state index contributed by atoms with van der Waals surface area (Å²) in [5.41, 5.74) is 7.65. The minimum atomic E-state index is 1.20. The molecule has 2 heterocycles. The van der Waals surface area contributed by atoms with Gasteiger partial charge in [0.05, 0.1) is 12.4 Å². The highest BCUT2D eigenvalue weighted by Gasteiger charge is 2.19. The molecule has 0 saturated heterocycles. The molecule has 104 valence electrons. The van der Waals surface area contributed by atoms with E-state index in [9.17, 15) is 0 Å². The number of aromatic nitrogens is 2. The molecule has 0 fully saturated rings. The summed E-state index contributed by atoms with van der Waals surface area (Å²) in [6.45, 7) is 6.54. The minimum Gasteiger partial charge on any atom is -0.240 e. The molecule has 0 spiro atoms. The molecule has 4 aromatic rings. The quantitative estimate of drug-likeness (QED) is 0.463. The molecule has 2 heteroatoms. The second-order valence-corrected chi connectivity index (χ2v) is 6.10. The van der Waals surface area contributed by atoms with E-state index in [1.807, 2.05) is 0 Å². The monoisotopic (exact) mass is 275 g/mol. The van der Waals surface area contributed by atoms with Crippen LogP contribution in [0.1, 0.15) is 16.7 Å². The number of nitrogens with zero attached hydrogens (tertiary/aromatic N) is 1. The zero-order valence-corrected chi connectivity index (χ0v) is 12.9. The van der Waals surface area contributed by atoms with Crippen molar-refractivity contribution in [1.29, 1.82) is 0 Å². The lowest BCUT2D eigenvalue weighted by Gasteiger charge is -2.06. The van der Waals surface area contributed by atoms with Crippen molar-refractivity contribution in [2.24, 2.45) is 7.05 Å². The van der Waals surface area contributed by atoms with Crippen LogP contribution in [-0.4, -0.2) is 4.98 Å². The molecule has 0 aliphatic rings. The summed E-state index contributed by atoms with van der Waals surface area (Å²) in [7, 11) is 2.14. The average molecular weight is 275 g/mol. The first-order valence-corrected chi connectivity index (χ1v) is 7.37. The highest BCUT2D eigenvalue weighted by atomic mass is 15.0. The third kappa shape index (κ3) is 1.62. The van der Waals surface area contributed by atoms with E-state index in [-0.39, 0.29) is 0 Å². The third-order valence-corrected chi connectivity index (χ3v) is 4.56. The van der Waals surface area contributed by atoms with Crippen molar-refractivity contribution in [3.05, 3.63) is 53.1 Å². The third-order valence-electron chi connectivity index (χ3n) is 4.56. The summed E-state index contributed by atoms with van der Waals surface area (Å²) in [6, 6.07) is 13.3. The Kier molecular flexibility index (Phi) is 2.41. The molecule has 1 N–H and O–H groups in total. The fourth-order valence-corrected chi connectivity index (χ4v) is 3.42. The number of H-pyrrole nitrogens is 1. The number of nitrogens with one attached hydrogen (secondary N) is 1. The van der Waals surface area contributed by atoms with Crippen molar-refractivity contribution in [2.75, 3.05) is 0 Å². The van der Waals surface area contributed by atoms with Gasteiger partial charge in [-0.05, 0) is 50.6 Å². The Morgan fingerprint density at radius 2 is 1.52 bits per heavy atom. The first-order chi connectivity index (χ1) is 10.1. The van der Waals surface area contributed by atoms with E-state index in [0.29, 0.717) is 0 Å². The highest BCUT2D eigenvalue weighted by Crippen LogP contribution is 2.31. The SMILES string of the molecule is Cc1ccc2c(c1)c(C)c1c3cc(C)ccc3[nH]c1[n+]2C. The van der Waals surface area contributed by atoms with Crippen LogP contribution in [0.15, 0.2) is 36.4 Å². The van der Waals surface area contributed by atoms with Crippen molar-refractivity contribution in [1.82, 2.24) is 4.98 Å². The number of aryl methyl sites for hydroxylation is 4. The van der Waals surface area contributed by atoms with Crippen LogP contribution in [-0.2, 0) is 7.05 Å². The highest BCUT2D eigenvalue weighted by molar-refractivity contribution is 6.10.